The molecule has 3 aliphatic rings. The average molecular weight is 349 g/mol. The topological polar surface area (TPSA) is 58.2 Å². The molecule has 3 aliphatic carbocycles. The second-order valence-corrected chi connectivity index (χ2v) is 9.26. The van der Waals surface area contributed by atoms with Gasteiger partial charge in [-0.3, -0.25) is 9.59 Å². The summed E-state index contributed by atoms with van der Waals surface area (Å²) in [6.45, 7) is 4.33. The van der Waals surface area contributed by atoms with Gasteiger partial charge in [0.2, 0.25) is 11.8 Å². The summed E-state index contributed by atoms with van der Waals surface area (Å²) in [6, 6.07) is 0.764. The molecule has 3 fully saturated rings. The standard InChI is InChI=1S/C21H36N2O2/c1-21(2)15(14-19(24)22-16-9-5-3-6-10-16)13-18(21)20(25)23-17-11-7-4-8-12-17/h15-18H,3-14H2,1-2H3,(H,22,24)(H,23,25)/t15-,18+/m0/s1. The van der Waals surface area contributed by atoms with Gasteiger partial charge in [-0.1, -0.05) is 52.4 Å². The van der Waals surface area contributed by atoms with Crippen LogP contribution in [0.15, 0.2) is 0 Å². The van der Waals surface area contributed by atoms with Gasteiger partial charge in [0.1, 0.15) is 0 Å². The predicted octanol–water partition coefficient (Wildman–Crippen LogP) is 3.94. The lowest BCUT2D eigenvalue weighted by molar-refractivity contribution is -0.145. The van der Waals surface area contributed by atoms with Gasteiger partial charge in [-0.05, 0) is 43.4 Å². The molecule has 0 heterocycles. The lowest BCUT2D eigenvalue weighted by Gasteiger charge is -2.51. The van der Waals surface area contributed by atoms with Crippen LogP contribution in [0.25, 0.3) is 0 Å². The Bertz CT molecular complexity index is 476. The third kappa shape index (κ3) is 4.57. The summed E-state index contributed by atoms with van der Waals surface area (Å²) in [6.07, 6.45) is 13.5. The van der Waals surface area contributed by atoms with Gasteiger partial charge in [0.05, 0.1) is 0 Å². The largest absolute Gasteiger partial charge is 0.353 e. The molecule has 0 aromatic rings. The molecule has 0 spiro atoms. The molecule has 142 valence electrons. The molecule has 25 heavy (non-hydrogen) atoms. The summed E-state index contributed by atoms with van der Waals surface area (Å²) < 4.78 is 0. The second-order valence-electron chi connectivity index (χ2n) is 9.26. The quantitative estimate of drug-likeness (QED) is 0.791. The van der Waals surface area contributed by atoms with E-state index in [2.05, 4.69) is 24.5 Å². The minimum absolute atomic E-state index is 0.0668. The Kier molecular flexibility index (Phi) is 6.06. The monoisotopic (exact) mass is 348 g/mol. The Morgan fingerprint density at radius 1 is 0.840 bits per heavy atom. The lowest BCUT2D eigenvalue weighted by Crippen LogP contribution is -2.55. The van der Waals surface area contributed by atoms with Crippen LogP contribution in [-0.4, -0.2) is 23.9 Å². The second kappa shape index (κ2) is 8.09. The van der Waals surface area contributed by atoms with Crippen LogP contribution in [-0.2, 0) is 9.59 Å². The third-order valence-electron chi connectivity index (χ3n) is 7.14. The first-order valence-electron chi connectivity index (χ1n) is 10.6. The molecule has 4 nitrogen and oxygen atoms in total. The molecule has 0 radical (unpaired) electrons. The molecule has 2 atom stereocenters. The molecule has 3 saturated carbocycles. The highest BCUT2D eigenvalue weighted by molar-refractivity contribution is 5.82. The van der Waals surface area contributed by atoms with Crippen molar-refractivity contribution in [3.8, 4) is 0 Å². The fraction of sp³-hybridized carbons (Fsp3) is 0.905. The summed E-state index contributed by atoms with van der Waals surface area (Å²) >= 11 is 0. The van der Waals surface area contributed by atoms with E-state index in [1.165, 1.54) is 38.5 Å². The van der Waals surface area contributed by atoms with E-state index in [1.807, 2.05) is 0 Å². The van der Waals surface area contributed by atoms with Crippen molar-refractivity contribution >= 4 is 11.8 Å². The van der Waals surface area contributed by atoms with Crippen molar-refractivity contribution in [1.82, 2.24) is 10.6 Å². The highest BCUT2D eigenvalue weighted by atomic mass is 16.2. The lowest BCUT2D eigenvalue weighted by atomic mass is 9.53. The Hall–Kier alpha value is -1.06. The number of nitrogens with one attached hydrogen (secondary N) is 2. The van der Waals surface area contributed by atoms with E-state index in [9.17, 15) is 9.59 Å². The molecule has 0 aromatic carbocycles. The molecular formula is C21H36N2O2. The number of amides is 2. The number of rotatable bonds is 5. The van der Waals surface area contributed by atoms with Crippen LogP contribution in [0.4, 0.5) is 0 Å². The fourth-order valence-electron chi connectivity index (χ4n) is 5.11. The SMILES string of the molecule is CC1(C)[C@H](CC(=O)NC2CCCCC2)C[C@@H]1C(=O)NC1CCCCC1. The molecule has 0 saturated heterocycles. The molecule has 2 amide bonds. The maximum Gasteiger partial charge on any atom is 0.223 e. The van der Waals surface area contributed by atoms with E-state index in [4.69, 9.17) is 0 Å². The molecule has 3 rings (SSSR count). The molecule has 4 heteroatoms. The minimum Gasteiger partial charge on any atom is -0.353 e. The Labute approximate surface area is 152 Å². The maximum atomic E-state index is 12.6. The zero-order valence-electron chi connectivity index (χ0n) is 16.1. The van der Waals surface area contributed by atoms with Gasteiger partial charge in [-0.25, -0.2) is 0 Å². The van der Waals surface area contributed by atoms with Crippen molar-refractivity contribution in [3.05, 3.63) is 0 Å². The Morgan fingerprint density at radius 2 is 1.36 bits per heavy atom. The first-order valence-corrected chi connectivity index (χ1v) is 10.6. The van der Waals surface area contributed by atoms with Gasteiger partial charge in [0.15, 0.2) is 0 Å². The van der Waals surface area contributed by atoms with Crippen molar-refractivity contribution in [2.75, 3.05) is 0 Å². The highest BCUT2D eigenvalue weighted by Gasteiger charge is 2.52. The normalized spacial score (nSPS) is 30.3. The van der Waals surface area contributed by atoms with Crippen LogP contribution in [0.1, 0.15) is 90.9 Å². The van der Waals surface area contributed by atoms with Crippen molar-refractivity contribution in [2.24, 2.45) is 17.3 Å². The first-order chi connectivity index (χ1) is 12.0. The highest BCUT2D eigenvalue weighted by Crippen LogP contribution is 2.53. The van der Waals surface area contributed by atoms with Crippen LogP contribution in [0.2, 0.25) is 0 Å². The van der Waals surface area contributed by atoms with Crippen LogP contribution in [0, 0.1) is 17.3 Å². The zero-order valence-corrected chi connectivity index (χ0v) is 16.1. The number of carbonyl (C=O) groups is 2. The summed E-state index contributed by atoms with van der Waals surface area (Å²) in [5.74, 6) is 0.817. The van der Waals surface area contributed by atoms with E-state index in [0.29, 0.717) is 24.4 Å². The molecular weight excluding hydrogens is 312 g/mol. The summed E-state index contributed by atoms with van der Waals surface area (Å²) in [4.78, 5) is 25.0. The van der Waals surface area contributed by atoms with E-state index in [-0.39, 0.29) is 23.1 Å². The van der Waals surface area contributed by atoms with E-state index >= 15 is 0 Å². The number of hydrogen-bond acceptors (Lipinski definition) is 2. The van der Waals surface area contributed by atoms with Gasteiger partial charge in [-0.2, -0.15) is 0 Å². The first kappa shape index (κ1) is 18.7. The molecule has 0 aliphatic heterocycles. The van der Waals surface area contributed by atoms with Gasteiger partial charge >= 0.3 is 0 Å². The zero-order chi connectivity index (χ0) is 17.9. The Balaban J connectivity index is 1.43. The predicted molar refractivity (Wildman–Crippen MR) is 100 cm³/mol. The maximum absolute atomic E-state index is 12.6. The molecule has 2 N–H and O–H groups in total. The van der Waals surface area contributed by atoms with E-state index in [1.54, 1.807) is 0 Å². The van der Waals surface area contributed by atoms with Gasteiger partial charge < -0.3 is 10.6 Å². The number of hydrogen-bond donors (Lipinski definition) is 2. The van der Waals surface area contributed by atoms with E-state index < -0.39 is 0 Å². The summed E-state index contributed by atoms with van der Waals surface area (Å²) in [5.41, 5.74) is -0.0668. The molecule has 0 unspecified atom stereocenters. The van der Waals surface area contributed by atoms with Crippen LogP contribution in [0.5, 0.6) is 0 Å². The average Bonchev–Trinajstić information content (AvgIpc) is 2.60. The van der Waals surface area contributed by atoms with Gasteiger partial charge in [0, 0.05) is 24.4 Å². The smallest absolute Gasteiger partial charge is 0.223 e. The van der Waals surface area contributed by atoms with Crippen LogP contribution >= 0.6 is 0 Å². The van der Waals surface area contributed by atoms with Crippen LogP contribution in [0.3, 0.4) is 0 Å². The van der Waals surface area contributed by atoms with Crippen LogP contribution < -0.4 is 10.6 Å². The van der Waals surface area contributed by atoms with Crippen molar-refractivity contribution < 1.29 is 9.59 Å². The third-order valence-corrected chi connectivity index (χ3v) is 7.14. The van der Waals surface area contributed by atoms with Crippen molar-refractivity contribution in [1.29, 1.82) is 0 Å². The van der Waals surface area contributed by atoms with Gasteiger partial charge in [-0.15, -0.1) is 0 Å². The minimum atomic E-state index is -0.0668. The molecule has 0 aromatic heterocycles. The number of carbonyl (C=O) groups excluding carboxylic acids is 2. The fourth-order valence-corrected chi connectivity index (χ4v) is 5.11. The van der Waals surface area contributed by atoms with Gasteiger partial charge in [0.25, 0.3) is 0 Å². The summed E-state index contributed by atoms with van der Waals surface area (Å²) in [7, 11) is 0. The van der Waals surface area contributed by atoms with Crippen molar-refractivity contribution in [3.63, 3.8) is 0 Å². The summed E-state index contributed by atoms with van der Waals surface area (Å²) in [5, 5.41) is 6.50. The molecule has 0 bridgehead atoms. The van der Waals surface area contributed by atoms with E-state index in [0.717, 1.165) is 32.1 Å². The Morgan fingerprint density at radius 3 is 1.88 bits per heavy atom. The van der Waals surface area contributed by atoms with Crippen molar-refractivity contribution in [2.45, 2.75) is 103 Å².